The summed E-state index contributed by atoms with van der Waals surface area (Å²) in [4.78, 5) is 20.9. The molecule has 0 aliphatic heterocycles. The molecule has 0 saturated heterocycles. The molecule has 2 heterocycles. The van der Waals surface area contributed by atoms with E-state index in [2.05, 4.69) is 15.3 Å². The van der Waals surface area contributed by atoms with Crippen molar-refractivity contribution in [2.75, 3.05) is 20.3 Å². The van der Waals surface area contributed by atoms with E-state index in [9.17, 15) is 4.79 Å². The van der Waals surface area contributed by atoms with Crippen LogP contribution in [0.4, 0.5) is 0 Å². The number of aryl methyl sites for hydroxylation is 1. The smallest absolute Gasteiger partial charge is 0.251 e. The highest BCUT2D eigenvalue weighted by atomic mass is 16.5. The van der Waals surface area contributed by atoms with Gasteiger partial charge in [0.25, 0.3) is 5.91 Å². The molecular formula is C17H18N4O2. The van der Waals surface area contributed by atoms with Gasteiger partial charge >= 0.3 is 0 Å². The van der Waals surface area contributed by atoms with E-state index < -0.39 is 0 Å². The lowest BCUT2D eigenvalue weighted by Gasteiger charge is -2.10. The molecule has 0 bridgehead atoms. The van der Waals surface area contributed by atoms with Gasteiger partial charge < -0.3 is 10.1 Å². The number of methoxy groups -OCH3 is 1. The lowest BCUT2D eigenvalue weighted by Crippen LogP contribution is -2.27. The normalized spacial score (nSPS) is 10.9. The maximum absolute atomic E-state index is 12.2. The lowest BCUT2D eigenvalue weighted by molar-refractivity contribution is 0.0937. The van der Waals surface area contributed by atoms with Crippen molar-refractivity contribution in [2.45, 2.75) is 6.92 Å². The van der Waals surface area contributed by atoms with Crippen LogP contribution in [-0.4, -0.2) is 40.7 Å². The number of imidazole rings is 1. The van der Waals surface area contributed by atoms with E-state index in [1.54, 1.807) is 19.6 Å². The van der Waals surface area contributed by atoms with Crippen molar-refractivity contribution < 1.29 is 9.53 Å². The molecule has 0 saturated carbocycles. The second-order valence-electron chi connectivity index (χ2n) is 5.21. The highest BCUT2D eigenvalue weighted by Crippen LogP contribution is 2.20. The summed E-state index contributed by atoms with van der Waals surface area (Å²) in [6, 6.07) is 9.36. The van der Waals surface area contributed by atoms with Crippen molar-refractivity contribution in [3.05, 3.63) is 54.0 Å². The fourth-order valence-electron chi connectivity index (χ4n) is 2.40. The fraction of sp³-hybridized carbons (Fsp3) is 0.235. The summed E-state index contributed by atoms with van der Waals surface area (Å²) in [5.74, 6) is -0.124. The predicted molar refractivity (Wildman–Crippen MR) is 87.8 cm³/mol. The zero-order chi connectivity index (χ0) is 16.2. The molecule has 0 aliphatic rings. The first-order chi connectivity index (χ1) is 11.2. The van der Waals surface area contributed by atoms with Gasteiger partial charge in [-0.15, -0.1) is 0 Å². The number of aromatic nitrogens is 3. The Morgan fingerprint density at radius 3 is 3.00 bits per heavy atom. The number of fused-ring (bicyclic) bond motifs is 1. The summed E-state index contributed by atoms with van der Waals surface area (Å²) in [6.07, 6.45) is 3.46. The molecular weight excluding hydrogens is 292 g/mol. The Bertz CT molecular complexity index is 841. The van der Waals surface area contributed by atoms with Crippen LogP contribution in [0.2, 0.25) is 0 Å². The van der Waals surface area contributed by atoms with Gasteiger partial charge in [-0.1, -0.05) is 6.07 Å². The first-order valence-corrected chi connectivity index (χ1v) is 7.37. The van der Waals surface area contributed by atoms with Gasteiger partial charge in [0.15, 0.2) is 5.65 Å². The van der Waals surface area contributed by atoms with Crippen molar-refractivity contribution >= 4 is 17.1 Å². The molecule has 0 atom stereocenters. The summed E-state index contributed by atoms with van der Waals surface area (Å²) in [5.41, 5.74) is 4.13. The zero-order valence-corrected chi connectivity index (χ0v) is 13.1. The molecule has 2 aromatic heterocycles. The van der Waals surface area contributed by atoms with Crippen LogP contribution in [-0.2, 0) is 4.74 Å². The Labute approximate surface area is 134 Å². The van der Waals surface area contributed by atoms with E-state index in [4.69, 9.17) is 4.74 Å². The van der Waals surface area contributed by atoms with E-state index in [1.165, 1.54) is 0 Å². The quantitative estimate of drug-likeness (QED) is 0.733. The number of amides is 1. The number of carbonyl (C=O) groups excluding carboxylic acids is 1. The molecule has 1 amide bonds. The van der Waals surface area contributed by atoms with Gasteiger partial charge in [0, 0.05) is 25.4 Å². The second-order valence-corrected chi connectivity index (χ2v) is 5.21. The minimum Gasteiger partial charge on any atom is -0.383 e. The van der Waals surface area contributed by atoms with Gasteiger partial charge in [-0.05, 0) is 36.8 Å². The lowest BCUT2D eigenvalue weighted by atomic mass is 10.1. The van der Waals surface area contributed by atoms with Crippen LogP contribution in [0, 0.1) is 6.92 Å². The van der Waals surface area contributed by atoms with E-state index in [1.807, 2.05) is 41.8 Å². The van der Waals surface area contributed by atoms with E-state index in [0.717, 1.165) is 22.4 Å². The molecule has 118 valence electrons. The maximum atomic E-state index is 12.2. The van der Waals surface area contributed by atoms with Gasteiger partial charge in [0.05, 0.1) is 12.3 Å². The summed E-state index contributed by atoms with van der Waals surface area (Å²) in [5, 5.41) is 2.82. The number of benzene rings is 1. The predicted octanol–water partition coefficient (Wildman–Crippen LogP) is 2.11. The molecule has 0 radical (unpaired) electrons. The highest BCUT2D eigenvalue weighted by Gasteiger charge is 2.11. The average Bonchev–Trinajstić information content (AvgIpc) is 2.99. The van der Waals surface area contributed by atoms with Crippen molar-refractivity contribution in [1.82, 2.24) is 19.9 Å². The molecule has 3 rings (SSSR count). The highest BCUT2D eigenvalue weighted by molar-refractivity contribution is 5.95. The van der Waals surface area contributed by atoms with Crippen LogP contribution in [0.1, 0.15) is 15.9 Å². The molecule has 3 aromatic rings. The molecule has 23 heavy (non-hydrogen) atoms. The van der Waals surface area contributed by atoms with Gasteiger partial charge in [0.2, 0.25) is 0 Å². The number of rotatable bonds is 5. The summed E-state index contributed by atoms with van der Waals surface area (Å²) in [6.45, 7) is 2.96. The first kappa shape index (κ1) is 15.2. The minimum atomic E-state index is -0.124. The summed E-state index contributed by atoms with van der Waals surface area (Å²) in [7, 11) is 1.60. The van der Waals surface area contributed by atoms with E-state index >= 15 is 0 Å². The number of nitrogens with zero attached hydrogens (tertiary/aromatic N) is 3. The number of hydrogen-bond donors (Lipinski definition) is 1. The Morgan fingerprint density at radius 1 is 1.30 bits per heavy atom. The number of nitrogens with one attached hydrogen (secondary N) is 1. The third-order valence-electron chi connectivity index (χ3n) is 3.63. The number of hydrogen-bond acceptors (Lipinski definition) is 4. The van der Waals surface area contributed by atoms with Gasteiger partial charge in [-0.3, -0.25) is 9.36 Å². The third kappa shape index (κ3) is 3.07. The topological polar surface area (TPSA) is 69.0 Å². The number of carbonyl (C=O) groups is 1. The fourth-order valence-corrected chi connectivity index (χ4v) is 2.40. The molecule has 6 nitrogen and oxygen atoms in total. The molecule has 1 N–H and O–H groups in total. The maximum Gasteiger partial charge on any atom is 0.251 e. The van der Waals surface area contributed by atoms with Crippen molar-refractivity contribution in [3.8, 4) is 5.69 Å². The summed E-state index contributed by atoms with van der Waals surface area (Å²) < 4.78 is 6.84. The van der Waals surface area contributed by atoms with Gasteiger partial charge in [-0.2, -0.15) is 0 Å². The standard InChI is InChI=1S/C17H18N4O2/c1-12-5-6-13(17(22)19-8-9-23-2)10-15(12)21-11-20-14-4-3-7-18-16(14)21/h3-7,10-11H,8-9H2,1-2H3,(H,19,22). The molecule has 0 aliphatic carbocycles. The number of ether oxygens (including phenoxy) is 1. The van der Waals surface area contributed by atoms with Crippen LogP contribution in [0.3, 0.4) is 0 Å². The number of pyridine rings is 1. The Morgan fingerprint density at radius 2 is 2.17 bits per heavy atom. The summed E-state index contributed by atoms with van der Waals surface area (Å²) >= 11 is 0. The first-order valence-electron chi connectivity index (χ1n) is 7.37. The average molecular weight is 310 g/mol. The van der Waals surface area contributed by atoms with E-state index in [-0.39, 0.29) is 5.91 Å². The minimum absolute atomic E-state index is 0.124. The van der Waals surface area contributed by atoms with Crippen molar-refractivity contribution in [1.29, 1.82) is 0 Å². The van der Waals surface area contributed by atoms with Crippen LogP contribution in [0.25, 0.3) is 16.9 Å². The zero-order valence-electron chi connectivity index (χ0n) is 13.1. The van der Waals surface area contributed by atoms with Crippen LogP contribution in [0.15, 0.2) is 42.9 Å². The second kappa shape index (κ2) is 6.58. The Balaban J connectivity index is 1.96. The van der Waals surface area contributed by atoms with Crippen LogP contribution < -0.4 is 5.32 Å². The molecule has 0 spiro atoms. The SMILES string of the molecule is COCCNC(=O)c1ccc(C)c(-n2cnc3cccnc32)c1. The molecule has 1 aromatic carbocycles. The van der Waals surface area contributed by atoms with Gasteiger partial charge in [-0.25, -0.2) is 9.97 Å². The monoisotopic (exact) mass is 310 g/mol. The largest absolute Gasteiger partial charge is 0.383 e. The van der Waals surface area contributed by atoms with Crippen LogP contribution >= 0.6 is 0 Å². The molecule has 6 heteroatoms. The Hall–Kier alpha value is -2.73. The van der Waals surface area contributed by atoms with Crippen molar-refractivity contribution in [2.24, 2.45) is 0 Å². The third-order valence-corrected chi connectivity index (χ3v) is 3.63. The molecule has 0 fully saturated rings. The van der Waals surface area contributed by atoms with E-state index in [0.29, 0.717) is 18.7 Å². The van der Waals surface area contributed by atoms with Crippen molar-refractivity contribution in [3.63, 3.8) is 0 Å². The van der Waals surface area contributed by atoms with Crippen LogP contribution in [0.5, 0.6) is 0 Å². The molecule has 0 unspecified atom stereocenters. The Kier molecular flexibility index (Phi) is 4.34. The van der Waals surface area contributed by atoms with Gasteiger partial charge in [0.1, 0.15) is 11.8 Å².